The van der Waals surface area contributed by atoms with Gasteiger partial charge in [-0.25, -0.2) is 0 Å². The minimum absolute atomic E-state index is 0.545. The summed E-state index contributed by atoms with van der Waals surface area (Å²) in [5, 5.41) is 0. The van der Waals surface area contributed by atoms with Crippen molar-refractivity contribution in [1.82, 2.24) is 0 Å². The molecule has 128 valence electrons. The molecule has 0 aliphatic carbocycles. The van der Waals surface area contributed by atoms with E-state index in [0.29, 0.717) is 0 Å². The quantitative estimate of drug-likeness (QED) is 0.306. The summed E-state index contributed by atoms with van der Waals surface area (Å²) in [5.41, 5.74) is -0.545. The topological polar surface area (TPSA) is 0 Å². The van der Waals surface area contributed by atoms with Gasteiger partial charge in [-0.1, -0.05) is 85.0 Å². The molecule has 1 unspecified atom stereocenters. The summed E-state index contributed by atoms with van der Waals surface area (Å²) in [4.78, 5) is 0. The maximum absolute atomic E-state index is 12.8. The smallest absolute Gasteiger partial charge is 0.171 e. The molecule has 3 heteroatoms. The van der Waals surface area contributed by atoms with Crippen LogP contribution in [0.5, 0.6) is 0 Å². The second-order valence-corrected chi connectivity index (χ2v) is 6.93. The van der Waals surface area contributed by atoms with Crippen molar-refractivity contribution >= 4 is 0 Å². The number of unbranched alkanes of at least 4 members (excludes halogenated alkanes) is 8. The van der Waals surface area contributed by atoms with E-state index in [1.165, 1.54) is 25.7 Å². The molecule has 0 saturated carbocycles. The molecule has 0 saturated heterocycles. The molecule has 21 heavy (non-hydrogen) atoms. The lowest BCUT2D eigenvalue weighted by Gasteiger charge is -2.31. The third-order valence-electron chi connectivity index (χ3n) is 4.39. The van der Waals surface area contributed by atoms with Crippen LogP contribution in [0.15, 0.2) is 0 Å². The van der Waals surface area contributed by atoms with Crippen LogP contribution in [0.3, 0.4) is 0 Å². The third kappa shape index (κ3) is 13.2. The van der Waals surface area contributed by atoms with E-state index in [0.717, 1.165) is 51.4 Å². The molecule has 0 aliphatic heterocycles. The molecule has 0 aromatic rings. The maximum atomic E-state index is 12.8. The van der Waals surface area contributed by atoms with E-state index < -0.39 is 18.0 Å². The standard InChI is InChI=1S/C18H35F3/c1-4-6-8-10-11-13-15-17(3,16-18(19,20)21)14-12-9-7-5-2/h4-16H2,1-3H3. The van der Waals surface area contributed by atoms with Crippen molar-refractivity contribution in [2.24, 2.45) is 5.41 Å². The second kappa shape index (κ2) is 11.4. The van der Waals surface area contributed by atoms with Crippen LogP contribution in [-0.2, 0) is 0 Å². The molecule has 0 bridgehead atoms. The molecule has 1 atom stereocenters. The van der Waals surface area contributed by atoms with Crippen molar-refractivity contribution < 1.29 is 13.2 Å². The average molecular weight is 308 g/mol. The van der Waals surface area contributed by atoms with Crippen LogP contribution < -0.4 is 0 Å². The molecular weight excluding hydrogens is 273 g/mol. The number of rotatable bonds is 13. The second-order valence-electron chi connectivity index (χ2n) is 6.93. The van der Waals surface area contributed by atoms with Gasteiger partial charge in [-0.2, -0.15) is 13.2 Å². The lowest BCUT2D eigenvalue weighted by atomic mass is 9.77. The van der Waals surface area contributed by atoms with Gasteiger partial charge in [-0.15, -0.1) is 0 Å². The number of hydrogen-bond acceptors (Lipinski definition) is 0. The Balaban J connectivity index is 4.11. The van der Waals surface area contributed by atoms with Crippen LogP contribution in [0.2, 0.25) is 0 Å². The lowest BCUT2D eigenvalue weighted by Crippen LogP contribution is -2.25. The van der Waals surface area contributed by atoms with E-state index in [2.05, 4.69) is 13.8 Å². The van der Waals surface area contributed by atoms with Crippen LogP contribution in [0.4, 0.5) is 13.2 Å². The fourth-order valence-corrected chi connectivity index (χ4v) is 3.10. The van der Waals surface area contributed by atoms with Crippen molar-refractivity contribution in [3.63, 3.8) is 0 Å². The summed E-state index contributed by atoms with van der Waals surface area (Å²) in [7, 11) is 0. The molecule has 0 spiro atoms. The summed E-state index contributed by atoms with van der Waals surface area (Å²) in [6.07, 6.45) is 7.99. The molecule has 0 radical (unpaired) electrons. The van der Waals surface area contributed by atoms with Gasteiger partial charge in [0.15, 0.2) is 0 Å². The van der Waals surface area contributed by atoms with Crippen LogP contribution in [0.1, 0.15) is 104 Å². The fourth-order valence-electron chi connectivity index (χ4n) is 3.10. The summed E-state index contributed by atoms with van der Waals surface area (Å²) >= 11 is 0. The Kier molecular flexibility index (Phi) is 11.3. The van der Waals surface area contributed by atoms with Gasteiger partial charge in [0.25, 0.3) is 0 Å². The van der Waals surface area contributed by atoms with Gasteiger partial charge >= 0.3 is 6.18 Å². The fraction of sp³-hybridized carbons (Fsp3) is 1.00. The molecule has 0 aromatic heterocycles. The Hall–Kier alpha value is -0.210. The molecule has 0 nitrogen and oxygen atoms in total. The molecular formula is C18H35F3. The van der Waals surface area contributed by atoms with E-state index in [4.69, 9.17) is 0 Å². The van der Waals surface area contributed by atoms with Crippen LogP contribution in [0, 0.1) is 5.41 Å². The number of halogens is 3. The van der Waals surface area contributed by atoms with E-state index in [1.54, 1.807) is 0 Å². The Morgan fingerprint density at radius 3 is 1.43 bits per heavy atom. The monoisotopic (exact) mass is 308 g/mol. The molecule has 0 rings (SSSR count). The first-order valence-corrected chi connectivity index (χ1v) is 8.90. The van der Waals surface area contributed by atoms with Gasteiger partial charge in [0.2, 0.25) is 0 Å². The van der Waals surface area contributed by atoms with E-state index in [1.807, 2.05) is 6.92 Å². The van der Waals surface area contributed by atoms with E-state index in [9.17, 15) is 13.2 Å². The Labute approximate surface area is 129 Å². The van der Waals surface area contributed by atoms with E-state index >= 15 is 0 Å². The molecule has 0 amide bonds. The van der Waals surface area contributed by atoms with Gasteiger partial charge in [-0.3, -0.25) is 0 Å². The first-order chi connectivity index (χ1) is 9.83. The molecule has 0 aliphatic rings. The minimum atomic E-state index is -4.03. The normalized spacial score (nSPS) is 15.1. The molecule has 0 aromatic carbocycles. The minimum Gasteiger partial charge on any atom is -0.171 e. The number of hydrogen-bond donors (Lipinski definition) is 0. The van der Waals surface area contributed by atoms with Gasteiger partial charge in [0, 0.05) is 6.42 Å². The highest BCUT2D eigenvalue weighted by Gasteiger charge is 2.38. The Bertz CT molecular complexity index is 235. The van der Waals surface area contributed by atoms with Gasteiger partial charge in [0.05, 0.1) is 0 Å². The summed E-state index contributed by atoms with van der Waals surface area (Å²) in [5.74, 6) is 0. The highest BCUT2D eigenvalue weighted by molar-refractivity contribution is 4.78. The lowest BCUT2D eigenvalue weighted by molar-refractivity contribution is -0.158. The van der Waals surface area contributed by atoms with Crippen LogP contribution in [-0.4, -0.2) is 6.18 Å². The zero-order valence-corrected chi connectivity index (χ0v) is 14.3. The van der Waals surface area contributed by atoms with Gasteiger partial charge in [-0.05, 0) is 18.3 Å². The average Bonchev–Trinajstić information content (AvgIpc) is 2.37. The maximum Gasteiger partial charge on any atom is 0.389 e. The zero-order valence-electron chi connectivity index (χ0n) is 14.3. The summed E-state index contributed by atoms with van der Waals surface area (Å²) in [6, 6.07) is 0. The van der Waals surface area contributed by atoms with Crippen molar-refractivity contribution in [2.45, 2.75) is 110 Å². The predicted molar refractivity (Wildman–Crippen MR) is 85.5 cm³/mol. The Morgan fingerprint density at radius 1 is 0.619 bits per heavy atom. The highest BCUT2D eigenvalue weighted by atomic mass is 19.4. The van der Waals surface area contributed by atoms with Gasteiger partial charge in [0.1, 0.15) is 0 Å². The third-order valence-corrected chi connectivity index (χ3v) is 4.39. The van der Waals surface area contributed by atoms with Crippen molar-refractivity contribution in [1.29, 1.82) is 0 Å². The van der Waals surface area contributed by atoms with Crippen molar-refractivity contribution in [2.75, 3.05) is 0 Å². The van der Waals surface area contributed by atoms with Crippen molar-refractivity contribution in [3.05, 3.63) is 0 Å². The van der Waals surface area contributed by atoms with Crippen molar-refractivity contribution in [3.8, 4) is 0 Å². The van der Waals surface area contributed by atoms with Crippen LogP contribution in [0.25, 0.3) is 0 Å². The first-order valence-electron chi connectivity index (χ1n) is 8.90. The number of alkyl halides is 3. The SMILES string of the molecule is CCCCCCCCC(C)(CCCCCC)CC(F)(F)F. The first kappa shape index (κ1) is 20.8. The van der Waals surface area contributed by atoms with E-state index in [-0.39, 0.29) is 0 Å². The molecule has 0 fully saturated rings. The largest absolute Gasteiger partial charge is 0.389 e. The molecule has 0 heterocycles. The van der Waals surface area contributed by atoms with Gasteiger partial charge < -0.3 is 0 Å². The zero-order chi connectivity index (χ0) is 16.2. The highest BCUT2D eigenvalue weighted by Crippen LogP contribution is 2.41. The Morgan fingerprint density at radius 2 is 1.00 bits per heavy atom. The summed E-state index contributed by atoms with van der Waals surface area (Å²) < 4.78 is 38.4. The predicted octanol–water partition coefficient (Wildman–Crippen LogP) is 7.67. The van der Waals surface area contributed by atoms with Crippen LogP contribution >= 0.6 is 0 Å². The summed E-state index contributed by atoms with van der Waals surface area (Å²) in [6.45, 7) is 6.15. The molecule has 0 N–H and O–H groups in total.